The monoisotopic (exact) mass is 408 g/mol. The number of quaternary nitrogens is 1. The van der Waals surface area contributed by atoms with Gasteiger partial charge < -0.3 is 15.5 Å². The highest BCUT2D eigenvalue weighted by atomic mass is 35.5. The molecule has 144 valence electrons. The Morgan fingerprint density at radius 3 is 2.11 bits per heavy atom. The second kappa shape index (κ2) is 10.3. The minimum Gasteiger partial charge on any atom is -0.346 e. The normalized spacial score (nSPS) is 10.7. The molecule has 0 aliphatic rings. The molecule has 0 saturated carbocycles. The highest BCUT2D eigenvalue weighted by Crippen LogP contribution is 2.23. The van der Waals surface area contributed by atoms with Crippen LogP contribution in [0.5, 0.6) is 0 Å². The molecular formula is C20H24Cl2N3O2+. The lowest BCUT2D eigenvalue weighted by Gasteiger charge is -2.15. The second-order valence-electron chi connectivity index (χ2n) is 6.12. The van der Waals surface area contributed by atoms with Crippen LogP contribution in [0.4, 0.5) is 5.69 Å². The summed E-state index contributed by atoms with van der Waals surface area (Å²) in [5.74, 6) is -0.420. The Bertz CT molecular complexity index is 790. The van der Waals surface area contributed by atoms with Crippen LogP contribution in [0.15, 0.2) is 42.5 Å². The van der Waals surface area contributed by atoms with Crippen molar-refractivity contribution < 1.29 is 14.5 Å². The molecule has 0 radical (unpaired) electrons. The van der Waals surface area contributed by atoms with E-state index in [2.05, 4.69) is 24.5 Å². The third kappa shape index (κ3) is 6.24. The fourth-order valence-electron chi connectivity index (χ4n) is 2.60. The smallest absolute Gasteiger partial charge is 0.255 e. The van der Waals surface area contributed by atoms with Crippen molar-refractivity contribution in [3.63, 3.8) is 0 Å². The summed E-state index contributed by atoms with van der Waals surface area (Å²) in [6, 6.07) is 11.4. The number of carbonyl (C=O) groups excluding carboxylic acids is 2. The van der Waals surface area contributed by atoms with Crippen molar-refractivity contribution in [3.8, 4) is 0 Å². The van der Waals surface area contributed by atoms with E-state index < -0.39 is 0 Å². The Morgan fingerprint density at radius 2 is 1.52 bits per heavy atom. The van der Waals surface area contributed by atoms with Crippen LogP contribution >= 0.6 is 23.2 Å². The van der Waals surface area contributed by atoms with Gasteiger partial charge >= 0.3 is 0 Å². The van der Waals surface area contributed by atoms with Gasteiger partial charge in [0.05, 0.1) is 36.2 Å². The Labute approximate surface area is 169 Å². The van der Waals surface area contributed by atoms with Gasteiger partial charge in [-0.05, 0) is 56.3 Å². The Hall–Kier alpha value is -2.08. The standard InChI is InChI=1S/C20H23Cl2N3O2/c1-3-25(4-2)12-11-23-19(26)14-5-8-16(9-6-14)24-20(27)15-7-10-17(21)18(22)13-15/h5-10,13H,3-4,11-12H2,1-2H3,(H,23,26)(H,24,27)/p+1. The van der Waals surface area contributed by atoms with E-state index in [1.165, 1.54) is 11.0 Å². The molecule has 2 aromatic rings. The van der Waals surface area contributed by atoms with Gasteiger partial charge in [-0.3, -0.25) is 9.59 Å². The lowest BCUT2D eigenvalue weighted by atomic mass is 10.1. The molecule has 0 bridgehead atoms. The van der Waals surface area contributed by atoms with Crippen LogP contribution in [0, 0.1) is 0 Å². The van der Waals surface area contributed by atoms with Gasteiger partial charge in [-0.25, -0.2) is 0 Å². The zero-order valence-corrected chi connectivity index (χ0v) is 17.0. The van der Waals surface area contributed by atoms with Gasteiger partial charge in [0, 0.05) is 16.8 Å². The van der Waals surface area contributed by atoms with Gasteiger partial charge in [0.15, 0.2) is 0 Å². The first-order valence-corrected chi connectivity index (χ1v) is 9.68. The van der Waals surface area contributed by atoms with Crippen molar-refractivity contribution in [2.45, 2.75) is 13.8 Å². The van der Waals surface area contributed by atoms with E-state index in [-0.39, 0.29) is 11.8 Å². The van der Waals surface area contributed by atoms with E-state index in [4.69, 9.17) is 23.2 Å². The molecule has 2 aromatic carbocycles. The summed E-state index contributed by atoms with van der Waals surface area (Å²) < 4.78 is 0. The molecule has 5 nitrogen and oxygen atoms in total. The van der Waals surface area contributed by atoms with Crippen molar-refractivity contribution in [1.29, 1.82) is 0 Å². The average molecular weight is 409 g/mol. The van der Waals surface area contributed by atoms with Crippen LogP contribution in [0.1, 0.15) is 34.6 Å². The number of likely N-dealkylation sites (N-methyl/N-ethyl adjacent to an activating group) is 1. The molecule has 3 N–H and O–H groups in total. The van der Waals surface area contributed by atoms with Gasteiger partial charge in [-0.1, -0.05) is 23.2 Å². The number of benzene rings is 2. The number of anilines is 1. The van der Waals surface area contributed by atoms with E-state index in [1.807, 2.05) is 0 Å². The quantitative estimate of drug-likeness (QED) is 0.628. The molecule has 0 fully saturated rings. The van der Waals surface area contributed by atoms with Crippen molar-refractivity contribution in [2.24, 2.45) is 0 Å². The highest BCUT2D eigenvalue weighted by Gasteiger charge is 2.10. The summed E-state index contributed by atoms with van der Waals surface area (Å²) in [6.45, 7) is 7.87. The summed E-state index contributed by atoms with van der Waals surface area (Å²) >= 11 is 11.8. The summed E-state index contributed by atoms with van der Waals surface area (Å²) in [5, 5.41) is 6.41. The molecule has 0 aliphatic heterocycles. The maximum Gasteiger partial charge on any atom is 0.255 e. The molecule has 0 heterocycles. The largest absolute Gasteiger partial charge is 0.346 e. The summed E-state index contributed by atoms with van der Waals surface area (Å²) in [6.07, 6.45) is 0. The predicted octanol–water partition coefficient (Wildman–Crippen LogP) is 2.90. The average Bonchev–Trinajstić information content (AvgIpc) is 2.67. The first kappa shape index (κ1) is 21.2. The fraction of sp³-hybridized carbons (Fsp3) is 0.300. The Kier molecular flexibility index (Phi) is 8.10. The molecular weight excluding hydrogens is 385 g/mol. The maximum atomic E-state index is 12.3. The van der Waals surface area contributed by atoms with Gasteiger partial charge in [0.25, 0.3) is 11.8 Å². The zero-order valence-electron chi connectivity index (χ0n) is 15.4. The van der Waals surface area contributed by atoms with Crippen LogP contribution in [0.3, 0.4) is 0 Å². The van der Waals surface area contributed by atoms with Crippen molar-refractivity contribution in [2.75, 3.05) is 31.5 Å². The molecule has 0 unspecified atom stereocenters. The summed E-state index contributed by atoms with van der Waals surface area (Å²) in [7, 11) is 0. The van der Waals surface area contributed by atoms with E-state index in [1.54, 1.807) is 36.4 Å². The lowest BCUT2D eigenvalue weighted by Crippen LogP contribution is -3.12. The number of nitrogens with one attached hydrogen (secondary N) is 3. The number of hydrogen-bond donors (Lipinski definition) is 3. The number of halogens is 2. The second-order valence-corrected chi connectivity index (χ2v) is 6.94. The van der Waals surface area contributed by atoms with Gasteiger partial charge in [-0.2, -0.15) is 0 Å². The zero-order chi connectivity index (χ0) is 19.8. The SMILES string of the molecule is CC[NH+](CC)CCNC(=O)c1ccc(NC(=O)c2ccc(Cl)c(Cl)c2)cc1. The highest BCUT2D eigenvalue weighted by molar-refractivity contribution is 6.42. The summed E-state index contributed by atoms with van der Waals surface area (Å²) in [4.78, 5) is 25.9. The Balaban J connectivity index is 1.91. The van der Waals surface area contributed by atoms with Crippen molar-refractivity contribution in [3.05, 3.63) is 63.6 Å². The lowest BCUT2D eigenvalue weighted by molar-refractivity contribution is -0.895. The fourth-order valence-corrected chi connectivity index (χ4v) is 2.90. The molecule has 7 heteroatoms. The summed E-state index contributed by atoms with van der Waals surface area (Å²) in [5.41, 5.74) is 1.55. The molecule has 2 rings (SSSR count). The molecule has 27 heavy (non-hydrogen) atoms. The van der Waals surface area contributed by atoms with Gasteiger partial charge in [-0.15, -0.1) is 0 Å². The molecule has 0 aromatic heterocycles. The van der Waals surface area contributed by atoms with Crippen LogP contribution in [0.25, 0.3) is 0 Å². The third-order valence-electron chi connectivity index (χ3n) is 4.35. The van der Waals surface area contributed by atoms with Crippen LogP contribution in [-0.2, 0) is 0 Å². The Morgan fingerprint density at radius 1 is 0.889 bits per heavy atom. The van der Waals surface area contributed by atoms with E-state index in [0.717, 1.165) is 19.6 Å². The predicted molar refractivity (Wildman–Crippen MR) is 110 cm³/mol. The van der Waals surface area contributed by atoms with Gasteiger partial charge in [0.1, 0.15) is 0 Å². The number of carbonyl (C=O) groups is 2. The van der Waals surface area contributed by atoms with Crippen LogP contribution in [0.2, 0.25) is 10.0 Å². The first-order chi connectivity index (χ1) is 12.9. The molecule has 0 atom stereocenters. The van der Waals surface area contributed by atoms with Crippen LogP contribution < -0.4 is 15.5 Å². The molecule has 2 amide bonds. The van der Waals surface area contributed by atoms with Crippen LogP contribution in [-0.4, -0.2) is 38.0 Å². The third-order valence-corrected chi connectivity index (χ3v) is 5.09. The maximum absolute atomic E-state index is 12.3. The van der Waals surface area contributed by atoms with E-state index in [0.29, 0.717) is 33.4 Å². The molecule has 0 spiro atoms. The minimum absolute atomic E-state index is 0.121. The molecule has 0 aliphatic carbocycles. The first-order valence-electron chi connectivity index (χ1n) is 8.92. The number of rotatable bonds is 8. The minimum atomic E-state index is -0.298. The molecule has 0 saturated heterocycles. The van der Waals surface area contributed by atoms with E-state index in [9.17, 15) is 9.59 Å². The van der Waals surface area contributed by atoms with Gasteiger partial charge in [0.2, 0.25) is 0 Å². The van der Waals surface area contributed by atoms with E-state index >= 15 is 0 Å². The number of hydrogen-bond acceptors (Lipinski definition) is 2. The topological polar surface area (TPSA) is 62.6 Å². The number of amides is 2. The van der Waals surface area contributed by atoms with Crippen molar-refractivity contribution in [1.82, 2.24) is 5.32 Å². The van der Waals surface area contributed by atoms with Crippen molar-refractivity contribution >= 4 is 40.7 Å².